The summed E-state index contributed by atoms with van der Waals surface area (Å²) in [7, 11) is 6.17. The van der Waals surface area contributed by atoms with Crippen LogP contribution in [-0.4, -0.2) is 7.85 Å². The van der Waals surface area contributed by atoms with Gasteiger partial charge >= 0.3 is 0 Å². The molecule has 0 spiro atoms. The second-order valence-electron chi connectivity index (χ2n) is 6.83. The number of aryl methyl sites for hydroxylation is 1. The Morgan fingerprint density at radius 3 is 2.79 bits per heavy atom. The lowest BCUT2D eigenvalue weighted by molar-refractivity contribution is 0.630. The van der Waals surface area contributed by atoms with E-state index in [0.29, 0.717) is 17.3 Å². The summed E-state index contributed by atoms with van der Waals surface area (Å²) in [5.74, 6) is 0.454. The standard InChI is InChI=1S/C22H28BCl/c1-4-6-7-10-17-12-13-19(18-11-8-9-16(3)14-18)20(15-23)22(17)21(24)5-2/h12-14,18H,2,4,6-11,15H2,1,3H3. The molecule has 0 heterocycles. The molecule has 2 heteroatoms. The van der Waals surface area contributed by atoms with Crippen molar-refractivity contribution in [2.24, 2.45) is 0 Å². The number of benzene rings is 1. The zero-order valence-electron chi connectivity index (χ0n) is 15.1. The average molecular weight is 339 g/mol. The van der Waals surface area contributed by atoms with Gasteiger partial charge < -0.3 is 0 Å². The van der Waals surface area contributed by atoms with Crippen LogP contribution in [0.25, 0.3) is 5.03 Å². The van der Waals surface area contributed by atoms with Crippen LogP contribution in [0.2, 0.25) is 0 Å². The summed E-state index contributed by atoms with van der Waals surface area (Å²) in [6.45, 7) is 8.21. The Hall–Kier alpha value is -1.17. The molecule has 0 N–H and O–H groups in total. The molecular formula is C22H28BCl. The summed E-state index contributed by atoms with van der Waals surface area (Å²) in [6.07, 6.45) is 11.2. The largest absolute Gasteiger partial charge is 0.108 e. The Balaban J connectivity index is 2.50. The van der Waals surface area contributed by atoms with Crippen molar-refractivity contribution < 1.29 is 0 Å². The summed E-state index contributed by atoms with van der Waals surface area (Å²) in [5, 5.41) is 0.611. The fourth-order valence-corrected chi connectivity index (χ4v) is 4.01. The summed E-state index contributed by atoms with van der Waals surface area (Å²) >= 11 is 6.50. The normalized spacial score (nSPS) is 17.3. The Kier molecular flexibility index (Phi) is 7.47. The van der Waals surface area contributed by atoms with E-state index in [-0.39, 0.29) is 0 Å². The van der Waals surface area contributed by atoms with Crippen molar-refractivity contribution in [3.8, 4) is 0 Å². The highest BCUT2D eigenvalue weighted by Crippen LogP contribution is 2.37. The van der Waals surface area contributed by atoms with E-state index in [4.69, 9.17) is 19.4 Å². The van der Waals surface area contributed by atoms with Gasteiger partial charge in [-0.3, -0.25) is 0 Å². The maximum Gasteiger partial charge on any atom is 0.0896 e. The van der Waals surface area contributed by atoms with Crippen molar-refractivity contribution in [2.45, 2.75) is 71.0 Å². The summed E-state index contributed by atoms with van der Waals surface area (Å²) in [6, 6.07) is 4.52. The molecule has 1 unspecified atom stereocenters. The van der Waals surface area contributed by atoms with E-state index in [0.717, 1.165) is 12.0 Å². The van der Waals surface area contributed by atoms with Gasteiger partial charge in [-0.15, -0.1) is 5.73 Å². The quantitative estimate of drug-likeness (QED) is 0.225. The number of unbranched alkanes of at least 4 members (excludes halogenated alkanes) is 2. The fraction of sp³-hybridized carbons (Fsp3) is 0.500. The number of halogens is 1. The second kappa shape index (κ2) is 9.35. The van der Waals surface area contributed by atoms with Crippen molar-refractivity contribution in [1.29, 1.82) is 0 Å². The molecule has 0 fully saturated rings. The van der Waals surface area contributed by atoms with Gasteiger partial charge in [-0.25, -0.2) is 0 Å². The second-order valence-corrected chi connectivity index (χ2v) is 7.21. The first kappa shape index (κ1) is 19.2. The molecule has 1 aromatic carbocycles. The van der Waals surface area contributed by atoms with E-state index < -0.39 is 0 Å². The van der Waals surface area contributed by atoms with E-state index in [9.17, 15) is 0 Å². The van der Waals surface area contributed by atoms with Gasteiger partial charge in [0.2, 0.25) is 0 Å². The number of hydrogen-bond donors (Lipinski definition) is 0. The first-order valence-corrected chi connectivity index (χ1v) is 9.58. The molecule has 0 amide bonds. The molecule has 24 heavy (non-hydrogen) atoms. The Morgan fingerprint density at radius 1 is 1.38 bits per heavy atom. The number of allylic oxidation sites excluding steroid dienone is 2. The minimum atomic E-state index is 0.454. The molecular weight excluding hydrogens is 311 g/mol. The van der Waals surface area contributed by atoms with Gasteiger partial charge in [0, 0.05) is 11.5 Å². The van der Waals surface area contributed by atoms with Crippen molar-refractivity contribution in [3.63, 3.8) is 0 Å². The monoisotopic (exact) mass is 338 g/mol. The third kappa shape index (κ3) is 4.47. The molecule has 0 saturated carbocycles. The van der Waals surface area contributed by atoms with Crippen molar-refractivity contribution >= 4 is 24.5 Å². The van der Waals surface area contributed by atoms with Crippen molar-refractivity contribution in [1.82, 2.24) is 0 Å². The van der Waals surface area contributed by atoms with E-state index in [1.165, 1.54) is 60.8 Å². The van der Waals surface area contributed by atoms with Crippen molar-refractivity contribution in [3.05, 3.63) is 58.3 Å². The first-order valence-electron chi connectivity index (χ1n) is 9.20. The Labute approximate surface area is 154 Å². The summed E-state index contributed by atoms with van der Waals surface area (Å²) < 4.78 is 0. The maximum absolute atomic E-state index is 6.50. The Morgan fingerprint density at radius 2 is 2.17 bits per heavy atom. The van der Waals surface area contributed by atoms with Crippen LogP contribution in [0, 0.1) is 0 Å². The molecule has 126 valence electrons. The molecule has 2 radical (unpaired) electrons. The molecule has 2 rings (SSSR count). The van der Waals surface area contributed by atoms with Crippen LogP contribution in [0.4, 0.5) is 0 Å². The summed E-state index contributed by atoms with van der Waals surface area (Å²) in [5.41, 5.74) is 9.25. The number of hydrogen-bond acceptors (Lipinski definition) is 0. The maximum atomic E-state index is 6.50. The highest BCUT2D eigenvalue weighted by atomic mass is 35.5. The summed E-state index contributed by atoms with van der Waals surface area (Å²) in [4.78, 5) is 0. The van der Waals surface area contributed by atoms with Crippen LogP contribution in [0.1, 0.15) is 80.5 Å². The molecule has 1 aromatic rings. The molecule has 0 bridgehead atoms. The van der Waals surface area contributed by atoms with Crippen LogP contribution in [0.5, 0.6) is 0 Å². The van der Waals surface area contributed by atoms with Gasteiger partial charge in [0.15, 0.2) is 0 Å². The lowest BCUT2D eigenvalue weighted by Gasteiger charge is -2.25. The van der Waals surface area contributed by atoms with Crippen LogP contribution < -0.4 is 0 Å². The lowest BCUT2D eigenvalue weighted by Crippen LogP contribution is -2.09. The number of rotatable bonds is 7. The van der Waals surface area contributed by atoms with E-state index >= 15 is 0 Å². The van der Waals surface area contributed by atoms with Gasteiger partial charge in [-0.05, 0) is 55.7 Å². The molecule has 1 aliphatic rings. The highest BCUT2D eigenvalue weighted by molar-refractivity contribution is 6.49. The predicted molar refractivity (Wildman–Crippen MR) is 108 cm³/mol. The third-order valence-electron chi connectivity index (χ3n) is 5.04. The highest BCUT2D eigenvalue weighted by Gasteiger charge is 2.21. The zero-order valence-corrected chi connectivity index (χ0v) is 15.9. The van der Waals surface area contributed by atoms with Gasteiger partial charge in [0.05, 0.1) is 12.9 Å². The fourth-order valence-electron chi connectivity index (χ4n) is 3.77. The van der Waals surface area contributed by atoms with Gasteiger partial charge in [0.1, 0.15) is 0 Å². The van der Waals surface area contributed by atoms with Gasteiger partial charge in [0.25, 0.3) is 0 Å². The topological polar surface area (TPSA) is 0 Å². The first-order chi connectivity index (χ1) is 11.6. The van der Waals surface area contributed by atoms with Crippen LogP contribution in [0.15, 0.2) is 36.1 Å². The van der Waals surface area contributed by atoms with Gasteiger partial charge in [-0.1, -0.05) is 68.0 Å². The van der Waals surface area contributed by atoms with Crippen LogP contribution in [-0.2, 0) is 12.7 Å². The molecule has 1 aliphatic carbocycles. The zero-order chi connectivity index (χ0) is 17.5. The smallest absolute Gasteiger partial charge is 0.0896 e. The molecule has 0 aromatic heterocycles. The minimum Gasteiger partial charge on any atom is -0.108 e. The van der Waals surface area contributed by atoms with E-state index in [1.54, 1.807) is 0 Å². The SMILES string of the molecule is [B]Cc1c(C2C=C(C)CCC2)ccc(CCCCC)c1C(Cl)=C=C. The average Bonchev–Trinajstić information content (AvgIpc) is 2.60. The van der Waals surface area contributed by atoms with Crippen molar-refractivity contribution in [2.75, 3.05) is 0 Å². The van der Waals surface area contributed by atoms with Crippen LogP contribution >= 0.6 is 11.6 Å². The van der Waals surface area contributed by atoms with E-state index in [1.807, 2.05) is 0 Å². The predicted octanol–water partition coefficient (Wildman–Crippen LogP) is 6.67. The minimum absolute atomic E-state index is 0.454. The third-order valence-corrected chi connectivity index (χ3v) is 5.36. The Bertz CT molecular complexity index is 650. The molecule has 0 aliphatic heterocycles. The molecule has 1 atom stereocenters. The van der Waals surface area contributed by atoms with Crippen LogP contribution in [0.3, 0.4) is 0 Å². The van der Waals surface area contributed by atoms with Gasteiger partial charge in [-0.2, -0.15) is 0 Å². The van der Waals surface area contributed by atoms with E-state index in [2.05, 4.69) is 44.4 Å². The lowest BCUT2D eigenvalue weighted by atomic mass is 9.78. The molecule has 0 saturated heterocycles. The molecule has 0 nitrogen and oxygen atoms in total.